The molecule has 0 aliphatic carbocycles. The molecular formula is C24H28Cl2N4O5S. The van der Waals surface area contributed by atoms with Crippen molar-refractivity contribution in [1.29, 1.82) is 0 Å². The van der Waals surface area contributed by atoms with Crippen LogP contribution in [0.25, 0.3) is 0 Å². The van der Waals surface area contributed by atoms with E-state index in [2.05, 4.69) is 10.3 Å². The minimum atomic E-state index is -3.94. The van der Waals surface area contributed by atoms with Gasteiger partial charge in [0.25, 0.3) is 0 Å². The lowest BCUT2D eigenvalue weighted by molar-refractivity contribution is -0.118. The number of amides is 1. The maximum absolute atomic E-state index is 13.2. The molecule has 0 radical (unpaired) electrons. The third kappa shape index (κ3) is 6.63. The van der Waals surface area contributed by atoms with Crippen LogP contribution < -0.4 is 5.32 Å². The Hall–Kier alpha value is -2.50. The average Bonchev–Trinajstić information content (AvgIpc) is 3.31. The maximum Gasteiger partial charge on any atom is 0.413 e. The summed E-state index contributed by atoms with van der Waals surface area (Å²) in [6.45, 7) is 4.76. The standard InChI is InChI=1S/C24H28Cl2N4O5S/c1-16(2)30(36(34,35)21-5-3-4-20(25)22(21)26)12-10-19(31)15-27-14-17-6-8-18(9-7-17)23-28-11-13-29(23)24(32)33/h3-9,16,27H,10-15H2,1-2H3,(H,32,33). The largest absolute Gasteiger partial charge is 0.465 e. The molecule has 0 bridgehead atoms. The van der Waals surface area contributed by atoms with Crippen LogP contribution in [0.3, 0.4) is 0 Å². The monoisotopic (exact) mass is 554 g/mol. The molecular weight excluding hydrogens is 527 g/mol. The minimum absolute atomic E-state index is 0.0141. The van der Waals surface area contributed by atoms with E-state index in [0.29, 0.717) is 31.0 Å². The number of carbonyl (C=O) groups excluding carboxylic acids is 1. The molecule has 1 aliphatic heterocycles. The number of halogens is 2. The Morgan fingerprint density at radius 2 is 1.86 bits per heavy atom. The number of rotatable bonds is 11. The molecule has 2 aromatic rings. The van der Waals surface area contributed by atoms with E-state index in [-0.39, 0.29) is 46.3 Å². The molecule has 0 saturated heterocycles. The molecule has 0 fully saturated rings. The Bertz CT molecular complexity index is 1250. The Labute approximate surface area is 220 Å². The highest BCUT2D eigenvalue weighted by Crippen LogP contribution is 2.31. The number of hydrogen-bond donors (Lipinski definition) is 2. The van der Waals surface area contributed by atoms with Crippen LogP contribution in [-0.2, 0) is 21.4 Å². The fourth-order valence-electron chi connectivity index (χ4n) is 3.79. The van der Waals surface area contributed by atoms with Gasteiger partial charge in [0.2, 0.25) is 10.0 Å². The van der Waals surface area contributed by atoms with Crippen LogP contribution in [0, 0.1) is 0 Å². The van der Waals surface area contributed by atoms with Gasteiger partial charge in [-0.2, -0.15) is 4.31 Å². The van der Waals surface area contributed by atoms with Gasteiger partial charge >= 0.3 is 6.09 Å². The number of ketones is 1. The molecule has 194 valence electrons. The first kappa shape index (κ1) is 28.1. The number of aliphatic imine (C=N–C) groups is 1. The Morgan fingerprint density at radius 3 is 2.50 bits per heavy atom. The average molecular weight is 555 g/mol. The summed E-state index contributed by atoms with van der Waals surface area (Å²) in [6.07, 6.45) is -0.998. The van der Waals surface area contributed by atoms with E-state index in [1.54, 1.807) is 26.0 Å². The highest BCUT2D eigenvalue weighted by atomic mass is 35.5. The van der Waals surface area contributed by atoms with Crippen molar-refractivity contribution in [2.75, 3.05) is 26.2 Å². The van der Waals surface area contributed by atoms with E-state index in [1.807, 2.05) is 12.1 Å². The molecule has 0 atom stereocenters. The first-order chi connectivity index (χ1) is 17.0. The van der Waals surface area contributed by atoms with Crippen molar-refractivity contribution in [2.24, 2.45) is 4.99 Å². The van der Waals surface area contributed by atoms with Gasteiger partial charge in [0.05, 0.1) is 29.7 Å². The third-order valence-electron chi connectivity index (χ3n) is 5.62. The first-order valence-corrected chi connectivity index (χ1v) is 13.5. The number of Topliss-reactive ketones (excluding diaryl/α,β-unsaturated/α-hetero) is 1. The van der Waals surface area contributed by atoms with Crippen molar-refractivity contribution >= 4 is 50.9 Å². The Kier molecular flexibility index (Phi) is 9.48. The fourth-order valence-corrected chi connectivity index (χ4v) is 6.16. The van der Waals surface area contributed by atoms with Crippen molar-refractivity contribution in [3.63, 3.8) is 0 Å². The topological polar surface area (TPSA) is 119 Å². The van der Waals surface area contributed by atoms with Gasteiger partial charge in [-0.1, -0.05) is 53.5 Å². The molecule has 9 nitrogen and oxygen atoms in total. The molecule has 0 unspecified atom stereocenters. The number of amidine groups is 1. The molecule has 2 N–H and O–H groups in total. The quantitative estimate of drug-likeness (QED) is 0.435. The van der Waals surface area contributed by atoms with Crippen LogP contribution in [0.4, 0.5) is 4.79 Å². The number of benzene rings is 2. The molecule has 3 rings (SSSR count). The number of carbonyl (C=O) groups is 2. The predicted octanol–water partition coefficient (Wildman–Crippen LogP) is 3.88. The lowest BCUT2D eigenvalue weighted by atomic mass is 10.1. The van der Waals surface area contributed by atoms with Crippen LogP contribution >= 0.6 is 23.2 Å². The van der Waals surface area contributed by atoms with Gasteiger partial charge < -0.3 is 10.4 Å². The van der Waals surface area contributed by atoms with Crippen molar-refractivity contribution in [1.82, 2.24) is 14.5 Å². The second-order valence-corrected chi connectivity index (χ2v) is 11.1. The lowest BCUT2D eigenvalue weighted by Gasteiger charge is -2.26. The summed E-state index contributed by atoms with van der Waals surface area (Å²) in [7, 11) is -3.94. The van der Waals surface area contributed by atoms with Gasteiger partial charge in [-0.05, 0) is 31.5 Å². The van der Waals surface area contributed by atoms with Gasteiger partial charge in [0.15, 0.2) is 0 Å². The summed E-state index contributed by atoms with van der Waals surface area (Å²) in [4.78, 5) is 29.1. The summed E-state index contributed by atoms with van der Waals surface area (Å²) in [5, 5.41) is 12.4. The van der Waals surface area contributed by atoms with Crippen molar-refractivity contribution < 1.29 is 23.1 Å². The summed E-state index contributed by atoms with van der Waals surface area (Å²) < 4.78 is 27.5. The second kappa shape index (κ2) is 12.2. The minimum Gasteiger partial charge on any atom is -0.465 e. The normalized spacial score (nSPS) is 13.9. The van der Waals surface area contributed by atoms with Gasteiger partial charge in [-0.3, -0.25) is 14.7 Å². The van der Waals surface area contributed by atoms with E-state index in [0.717, 1.165) is 5.56 Å². The van der Waals surface area contributed by atoms with E-state index < -0.39 is 16.1 Å². The molecule has 0 aromatic heterocycles. The van der Waals surface area contributed by atoms with Crippen LogP contribution in [0.1, 0.15) is 31.4 Å². The molecule has 2 aromatic carbocycles. The summed E-state index contributed by atoms with van der Waals surface area (Å²) in [5.74, 6) is 0.294. The number of nitrogens with one attached hydrogen (secondary N) is 1. The number of carboxylic acid groups (broad SMARTS) is 1. The molecule has 1 aliphatic rings. The molecule has 1 heterocycles. The second-order valence-electron chi connectivity index (χ2n) is 8.49. The van der Waals surface area contributed by atoms with E-state index >= 15 is 0 Å². The zero-order chi connectivity index (χ0) is 26.5. The molecule has 1 amide bonds. The van der Waals surface area contributed by atoms with Crippen LogP contribution in [0.15, 0.2) is 52.4 Å². The zero-order valence-electron chi connectivity index (χ0n) is 19.9. The SMILES string of the molecule is CC(C)N(CCC(=O)CNCc1ccc(C2=NCCN2C(=O)O)cc1)S(=O)(=O)c1cccc(Cl)c1Cl. The summed E-state index contributed by atoms with van der Waals surface area (Å²) in [6, 6.07) is 11.3. The Balaban J connectivity index is 1.53. The van der Waals surface area contributed by atoms with Gasteiger partial charge in [0.1, 0.15) is 16.5 Å². The number of nitrogens with zero attached hydrogens (tertiary/aromatic N) is 3. The number of hydrogen-bond acceptors (Lipinski definition) is 6. The molecule has 36 heavy (non-hydrogen) atoms. The van der Waals surface area contributed by atoms with Gasteiger partial charge in [0, 0.05) is 31.1 Å². The smallest absolute Gasteiger partial charge is 0.413 e. The van der Waals surface area contributed by atoms with Crippen molar-refractivity contribution in [3.8, 4) is 0 Å². The van der Waals surface area contributed by atoms with E-state index in [1.165, 1.54) is 27.4 Å². The van der Waals surface area contributed by atoms with Crippen LogP contribution in [0.2, 0.25) is 10.0 Å². The summed E-state index contributed by atoms with van der Waals surface area (Å²) in [5.41, 5.74) is 1.62. The molecule has 12 heteroatoms. The van der Waals surface area contributed by atoms with Crippen molar-refractivity contribution in [3.05, 3.63) is 63.6 Å². The van der Waals surface area contributed by atoms with Crippen LogP contribution in [-0.4, -0.2) is 72.7 Å². The van der Waals surface area contributed by atoms with Crippen molar-refractivity contribution in [2.45, 2.75) is 37.8 Å². The summed E-state index contributed by atoms with van der Waals surface area (Å²) >= 11 is 12.1. The highest BCUT2D eigenvalue weighted by Gasteiger charge is 2.30. The lowest BCUT2D eigenvalue weighted by Crippen LogP contribution is -2.39. The highest BCUT2D eigenvalue weighted by molar-refractivity contribution is 7.89. The van der Waals surface area contributed by atoms with E-state index in [4.69, 9.17) is 23.2 Å². The first-order valence-electron chi connectivity index (χ1n) is 11.3. The maximum atomic E-state index is 13.2. The fraction of sp³-hybridized carbons (Fsp3) is 0.375. The number of sulfonamides is 1. The van der Waals surface area contributed by atoms with Crippen LogP contribution in [0.5, 0.6) is 0 Å². The predicted molar refractivity (Wildman–Crippen MR) is 139 cm³/mol. The molecule has 0 spiro atoms. The van der Waals surface area contributed by atoms with Gasteiger partial charge in [-0.15, -0.1) is 0 Å². The van der Waals surface area contributed by atoms with Gasteiger partial charge in [-0.25, -0.2) is 13.2 Å². The molecule has 0 saturated carbocycles. The third-order valence-corrected chi connectivity index (χ3v) is 8.67. The zero-order valence-corrected chi connectivity index (χ0v) is 22.3. The Morgan fingerprint density at radius 1 is 1.17 bits per heavy atom. The van der Waals surface area contributed by atoms with E-state index in [9.17, 15) is 23.1 Å².